The highest BCUT2D eigenvalue weighted by Crippen LogP contribution is 2.28. The van der Waals surface area contributed by atoms with Gasteiger partial charge in [-0.3, -0.25) is 4.79 Å². The molecule has 0 aliphatic rings. The van der Waals surface area contributed by atoms with Crippen LogP contribution < -0.4 is 9.47 Å². The number of methoxy groups -OCH3 is 2. The van der Waals surface area contributed by atoms with Crippen LogP contribution in [0.15, 0.2) is 53.7 Å². The number of ketones is 1. The van der Waals surface area contributed by atoms with E-state index in [4.69, 9.17) is 9.47 Å². The van der Waals surface area contributed by atoms with Crippen LogP contribution in [0.2, 0.25) is 0 Å². The number of thioether (sulfide) groups is 1. The van der Waals surface area contributed by atoms with E-state index in [1.165, 1.54) is 11.8 Å². The minimum absolute atomic E-state index is 0.00227. The fourth-order valence-electron chi connectivity index (χ4n) is 2.96. The molecule has 0 atom stereocenters. The van der Waals surface area contributed by atoms with Crippen molar-refractivity contribution in [1.29, 1.82) is 0 Å². The van der Waals surface area contributed by atoms with Crippen molar-refractivity contribution in [1.82, 2.24) is 14.8 Å². The summed E-state index contributed by atoms with van der Waals surface area (Å²) in [5.41, 5.74) is 1.54. The highest BCUT2D eigenvalue weighted by Gasteiger charge is 2.18. The Morgan fingerprint density at radius 2 is 1.76 bits per heavy atom. The zero-order valence-corrected chi connectivity index (χ0v) is 17.9. The SMILES string of the molecule is COc1ccc(-c2nnc(SCC(=O)c3ccccc3OC)n2CC(C)C)cc1. The number of benzene rings is 2. The summed E-state index contributed by atoms with van der Waals surface area (Å²) in [6, 6.07) is 15.0. The number of para-hydroxylation sites is 1. The molecular weight excluding hydrogens is 386 g/mol. The fraction of sp³-hybridized carbons (Fsp3) is 0.318. The maximum Gasteiger partial charge on any atom is 0.191 e. The lowest BCUT2D eigenvalue weighted by Gasteiger charge is -2.13. The number of nitrogens with zero attached hydrogens (tertiary/aromatic N) is 3. The maximum atomic E-state index is 12.7. The van der Waals surface area contributed by atoms with Gasteiger partial charge in [-0.1, -0.05) is 37.7 Å². The molecule has 6 nitrogen and oxygen atoms in total. The van der Waals surface area contributed by atoms with Gasteiger partial charge in [-0.2, -0.15) is 0 Å². The van der Waals surface area contributed by atoms with Gasteiger partial charge in [0.2, 0.25) is 0 Å². The Labute approximate surface area is 175 Å². The molecule has 2 aromatic carbocycles. The van der Waals surface area contributed by atoms with Gasteiger partial charge < -0.3 is 14.0 Å². The highest BCUT2D eigenvalue weighted by molar-refractivity contribution is 7.99. The molecule has 1 heterocycles. The Morgan fingerprint density at radius 1 is 1.03 bits per heavy atom. The minimum atomic E-state index is -0.00227. The van der Waals surface area contributed by atoms with E-state index in [1.807, 2.05) is 36.4 Å². The van der Waals surface area contributed by atoms with Crippen molar-refractivity contribution in [2.24, 2.45) is 5.92 Å². The van der Waals surface area contributed by atoms with Gasteiger partial charge in [0.25, 0.3) is 0 Å². The Bertz CT molecular complexity index is 968. The third kappa shape index (κ3) is 4.98. The van der Waals surface area contributed by atoms with E-state index < -0.39 is 0 Å². The molecule has 0 fully saturated rings. The first-order chi connectivity index (χ1) is 14.0. The van der Waals surface area contributed by atoms with Crippen molar-refractivity contribution in [3.8, 4) is 22.9 Å². The summed E-state index contributed by atoms with van der Waals surface area (Å²) in [4.78, 5) is 12.7. The lowest BCUT2D eigenvalue weighted by atomic mass is 10.1. The van der Waals surface area contributed by atoms with Crippen LogP contribution in [0.1, 0.15) is 24.2 Å². The average Bonchev–Trinajstić information content (AvgIpc) is 3.13. The number of ether oxygens (including phenoxy) is 2. The predicted octanol–water partition coefficient (Wildman–Crippen LogP) is 4.59. The normalized spacial score (nSPS) is 10.9. The van der Waals surface area contributed by atoms with Crippen LogP contribution >= 0.6 is 11.8 Å². The number of aromatic nitrogens is 3. The summed E-state index contributed by atoms with van der Waals surface area (Å²) >= 11 is 1.39. The summed E-state index contributed by atoms with van der Waals surface area (Å²) in [7, 11) is 3.21. The van der Waals surface area contributed by atoms with Crippen LogP contribution in [0.3, 0.4) is 0 Å². The van der Waals surface area contributed by atoms with Crippen LogP contribution in [-0.2, 0) is 6.54 Å². The van der Waals surface area contributed by atoms with E-state index in [2.05, 4.69) is 28.6 Å². The molecule has 1 aromatic heterocycles. The molecule has 0 aliphatic heterocycles. The van der Waals surface area contributed by atoms with Crippen molar-refractivity contribution in [2.75, 3.05) is 20.0 Å². The van der Waals surface area contributed by atoms with E-state index in [0.717, 1.165) is 28.8 Å². The number of hydrogen-bond donors (Lipinski definition) is 0. The number of Topliss-reactive ketones (excluding diaryl/α,β-unsaturated/α-hetero) is 1. The third-order valence-electron chi connectivity index (χ3n) is 4.35. The van der Waals surface area contributed by atoms with Gasteiger partial charge in [0, 0.05) is 12.1 Å². The summed E-state index contributed by atoms with van der Waals surface area (Å²) in [5, 5.41) is 9.48. The number of rotatable bonds is 9. The van der Waals surface area contributed by atoms with E-state index >= 15 is 0 Å². The number of carbonyl (C=O) groups is 1. The van der Waals surface area contributed by atoms with Gasteiger partial charge >= 0.3 is 0 Å². The van der Waals surface area contributed by atoms with Crippen molar-refractivity contribution < 1.29 is 14.3 Å². The number of carbonyl (C=O) groups excluding carboxylic acids is 1. The quantitative estimate of drug-likeness (QED) is 0.379. The average molecular weight is 412 g/mol. The minimum Gasteiger partial charge on any atom is -0.497 e. The van der Waals surface area contributed by atoms with Crippen molar-refractivity contribution in [2.45, 2.75) is 25.5 Å². The van der Waals surface area contributed by atoms with Crippen LogP contribution in [-0.4, -0.2) is 40.5 Å². The van der Waals surface area contributed by atoms with E-state index in [-0.39, 0.29) is 11.5 Å². The number of hydrogen-bond acceptors (Lipinski definition) is 6. The van der Waals surface area contributed by atoms with Gasteiger partial charge in [0.15, 0.2) is 16.8 Å². The first-order valence-electron chi connectivity index (χ1n) is 9.40. The monoisotopic (exact) mass is 411 g/mol. The zero-order valence-electron chi connectivity index (χ0n) is 17.1. The van der Waals surface area contributed by atoms with E-state index in [0.29, 0.717) is 17.2 Å². The molecule has 0 spiro atoms. The summed E-state index contributed by atoms with van der Waals surface area (Å²) < 4.78 is 12.6. The van der Waals surface area contributed by atoms with Gasteiger partial charge in [-0.25, -0.2) is 0 Å². The standard InChI is InChI=1S/C22H25N3O3S/c1-15(2)13-25-21(16-9-11-17(27-3)12-10-16)23-24-22(25)29-14-19(26)18-7-5-6-8-20(18)28-4/h5-12,15H,13-14H2,1-4H3. The molecular formula is C22H25N3O3S. The molecule has 3 rings (SSSR count). The predicted molar refractivity (Wildman–Crippen MR) is 115 cm³/mol. The molecule has 3 aromatic rings. The smallest absolute Gasteiger partial charge is 0.191 e. The summed E-state index contributed by atoms with van der Waals surface area (Å²) in [5.74, 6) is 2.83. The summed E-state index contributed by atoms with van der Waals surface area (Å²) in [6.07, 6.45) is 0. The van der Waals surface area contributed by atoms with Crippen LogP contribution in [0.4, 0.5) is 0 Å². The third-order valence-corrected chi connectivity index (χ3v) is 5.32. The molecule has 0 radical (unpaired) electrons. The topological polar surface area (TPSA) is 66.2 Å². The molecule has 0 unspecified atom stereocenters. The van der Waals surface area contributed by atoms with Crippen LogP contribution in [0.25, 0.3) is 11.4 Å². The fourth-order valence-corrected chi connectivity index (χ4v) is 3.79. The molecule has 7 heteroatoms. The van der Waals surface area contributed by atoms with Gasteiger partial charge in [-0.05, 0) is 42.3 Å². The lowest BCUT2D eigenvalue weighted by Crippen LogP contribution is -2.10. The van der Waals surface area contributed by atoms with E-state index in [9.17, 15) is 4.79 Å². The van der Waals surface area contributed by atoms with Crippen molar-refractivity contribution in [3.05, 3.63) is 54.1 Å². The second-order valence-electron chi connectivity index (χ2n) is 6.95. The lowest BCUT2D eigenvalue weighted by molar-refractivity contribution is 0.101. The molecule has 0 amide bonds. The molecule has 152 valence electrons. The van der Waals surface area contributed by atoms with Crippen LogP contribution in [0.5, 0.6) is 11.5 Å². The van der Waals surface area contributed by atoms with Crippen molar-refractivity contribution >= 4 is 17.5 Å². The largest absolute Gasteiger partial charge is 0.497 e. The second-order valence-corrected chi connectivity index (χ2v) is 7.89. The zero-order chi connectivity index (χ0) is 20.8. The first-order valence-corrected chi connectivity index (χ1v) is 10.4. The Kier molecular flexibility index (Phi) is 6.93. The molecule has 0 bridgehead atoms. The van der Waals surface area contributed by atoms with Crippen molar-refractivity contribution in [3.63, 3.8) is 0 Å². The van der Waals surface area contributed by atoms with E-state index in [1.54, 1.807) is 26.4 Å². The van der Waals surface area contributed by atoms with Crippen LogP contribution in [0, 0.1) is 5.92 Å². The molecule has 0 N–H and O–H groups in total. The summed E-state index contributed by atoms with van der Waals surface area (Å²) in [6.45, 7) is 5.05. The molecule has 0 saturated carbocycles. The van der Waals surface area contributed by atoms with Gasteiger partial charge in [0.05, 0.1) is 25.5 Å². The van der Waals surface area contributed by atoms with Gasteiger partial charge in [-0.15, -0.1) is 10.2 Å². The molecule has 0 aliphatic carbocycles. The maximum absolute atomic E-state index is 12.7. The first kappa shape index (κ1) is 20.9. The highest BCUT2D eigenvalue weighted by atomic mass is 32.2. The molecule has 0 saturated heterocycles. The van der Waals surface area contributed by atoms with Gasteiger partial charge in [0.1, 0.15) is 11.5 Å². The Morgan fingerprint density at radius 3 is 2.41 bits per heavy atom. The second kappa shape index (κ2) is 9.60. The Balaban J connectivity index is 1.83. The Hall–Kier alpha value is -2.80. The molecule has 29 heavy (non-hydrogen) atoms.